The summed E-state index contributed by atoms with van der Waals surface area (Å²) in [4.78, 5) is 10.7. The molecule has 154 valence electrons. The van der Waals surface area contributed by atoms with Crippen LogP contribution in [-0.2, 0) is 6.42 Å². The van der Waals surface area contributed by atoms with Gasteiger partial charge in [-0.25, -0.2) is 4.39 Å². The van der Waals surface area contributed by atoms with Crippen LogP contribution in [0.2, 0.25) is 0 Å². The van der Waals surface area contributed by atoms with Gasteiger partial charge in [-0.1, -0.05) is 30.3 Å². The van der Waals surface area contributed by atoms with Crippen LogP contribution in [0.1, 0.15) is 29.7 Å². The third-order valence-electron chi connectivity index (χ3n) is 5.84. The minimum atomic E-state index is -0.238. The van der Waals surface area contributed by atoms with E-state index < -0.39 is 0 Å². The average Bonchev–Trinajstić information content (AvgIpc) is 3.19. The topological polar surface area (TPSA) is 44.0 Å². The van der Waals surface area contributed by atoms with Gasteiger partial charge < -0.3 is 15.2 Å². The molecule has 1 atom stereocenters. The molecule has 2 aliphatic heterocycles. The molecule has 1 aliphatic carbocycles. The molecule has 2 N–H and O–H groups in total. The maximum atomic E-state index is 13.5. The second-order valence-corrected chi connectivity index (χ2v) is 7.66. The Kier molecular flexibility index (Phi) is 5.39. The van der Waals surface area contributed by atoms with E-state index in [1.165, 1.54) is 23.3 Å². The van der Waals surface area contributed by atoms with Gasteiger partial charge in [-0.05, 0) is 67.3 Å². The van der Waals surface area contributed by atoms with Crippen molar-refractivity contribution in [3.63, 3.8) is 0 Å². The van der Waals surface area contributed by atoms with Crippen molar-refractivity contribution in [3.05, 3.63) is 83.2 Å². The first-order valence-electron chi connectivity index (χ1n) is 9.96. The minimum Gasteiger partial charge on any atom is -0.349 e. The predicted molar refractivity (Wildman–Crippen MR) is 123 cm³/mol. The molecule has 0 amide bonds. The van der Waals surface area contributed by atoms with Gasteiger partial charge >= 0.3 is 0 Å². The van der Waals surface area contributed by atoms with Crippen molar-refractivity contribution in [1.29, 1.82) is 0 Å². The zero-order valence-electron chi connectivity index (χ0n) is 16.9. The van der Waals surface area contributed by atoms with Crippen LogP contribution in [0.4, 0.5) is 21.8 Å². The summed E-state index contributed by atoms with van der Waals surface area (Å²) in [5, 5.41) is 3.33. The van der Waals surface area contributed by atoms with Gasteiger partial charge in [0.1, 0.15) is 11.6 Å². The molecule has 0 bridgehead atoms. The van der Waals surface area contributed by atoms with Gasteiger partial charge in [0.05, 0.1) is 11.7 Å². The molecule has 30 heavy (non-hydrogen) atoms. The molecule has 3 aliphatic rings. The van der Waals surface area contributed by atoms with Crippen molar-refractivity contribution in [2.24, 2.45) is 0 Å². The predicted octanol–water partition coefficient (Wildman–Crippen LogP) is 6.25. The number of hydrogen-bond donors (Lipinski definition) is 2. The summed E-state index contributed by atoms with van der Waals surface area (Å²) >= 11 is 0. The van der Waals surface area contributed by atoms with E-state index in [-0.39, 0.29) is 24.3 Å². The molecular weight excluding hydrogens is 399 g/mol. The summed E-state index contributed by atoms with van der Waals surface area (Å²) < 4.78 is 13.5. The van der Waals surface area contributed by atoms with E-state index in [0.29, 0.717) is 5.95 Å². The largest absolute Gasteiger partial charge is 0.349 e. The molecule has 2 aromatic rings. The van der Waals surface area contributed by atoms with E-state index in [1.807, 2.05) is 13.0 Å². The number of anilines is 3. The van der Waals surface area contributed by atoms with Crippen molar-refractivity contribution in [3.8, 4) is 11.3 Å². The zero-order chi connectivity index (χ0) is 20.0. The maximum Gasteiger partial charge on any atom is 0.207 e. The summed E-state index contributed by atoms with van der Waals surface area (Å²) in [5.74, 6) is 1.38. The Bertz CT molecular complexity index is 1160. The quantitative estimate of drug-likeness (QED) is 0.410. The number of hydrogen-bond acceptors (Lipinski definition) is 3. The standard InChI is InChI=1S/C24H23FN4.ClH/c1-15-14-18(25)10-11-21(15)26-24-27-22-9-5-8-20(22)23(28-24)29-13-12-17-6-3-4-7-19(17)16(29)2;/h3-11,14,16H,12-13H2,1-2H3,(H2,26,27,28);1H. The minimum absolute atomic E-state index is 0. The Balaban J connectivity index is 0.00000218. The lowest BCUT2D eigenvalue weighted by Crippen LogP contribution is -2.35. The van der Waals surface area contributed by atoms with Crippen LogP contribution >= 0.6 is 12.4 Å². The van der Waals surface area contributed by atoms with E-state index in [1.54, 1.807) is 6.07 Å². The van der Waals surface area contributed by atoms with E-state index in [0.717, 1.165) is 41.3 Å². The number of aromatic amines is 1. The van der Waals surface area contributed by atoms with Gasteiger partial charge in [0, 0.05) is 17.8 Å². The number of fused-ring (bicyclic) bond motifs is 2. The highest BCUT2D eigenvalue weighted by Crippen LogP contribution is 2.39. The van der Waals surface area contributed by atoms with Crippen LogP contribution in [0, 0.1) is 12.7 Å². The number of benzene rings is 2. The molecule has 0 spiro atoms. The highest BCUT2D eigenvalue weighted by Gasteiger charge is 2.28. The molecule has 2 aromatic carbocycles. The lowest BCUT2D eigenvalue weighted by Gasteiger charge is -2.37. The van der Waals surface area contributed by atoms with Gasteiger partial charge in [0.2, 0.25) is 5.95 Å². The van der Waals surface area contributed by atoms with Crippen molar-refractivity contribution < 1.29 is 4.39 Å². The third kappa shape index (κ3) is 3.50. The fourth-order valence-electron chi connectivity index (χ4n) is 4.28. The number of nitrogens with zero attached hydrogens (tertiary/aromatic N) is 2. The van der Waals surface area contributed by atoms with Crippen molar-refractivity contribution in [2.75, 3.05) is 16.8 Å². The fourth-order valence-corrected chi connectivity index (χ4v) is 4.28. The molecule has 0 radical (unpaired) electrons. The van der Waals surface area contributed by atoms with Crippen molar-refractivity contribution in [1.82, 2.24) is 9.97 Å². The van der Waals surface area contributed by atoms with Crippen molar-refractivity contribution >= 4 is 29.9 Å². The fraction of sp³-hybridized carbons (Fsp3) is 0.208. The van der Waals surface area contributed by atoms with E-state index in [4.69, 9.17) is 4.98 Å². The summed E-state index contributed by atoms with van der Waals surface area (Å²) in [7, 11) is 0. The molecule has 0 aromatic heterocycles. The SMILES string of the molecule is Cc1cc(F)ccc1Nc1nc(N2CCc3ccccc3C2C)c2cccc-2[nH]1.Cl. The van der Waals surface area contributed by atoms with Gasteiger partial charge in [-0.3, -0.25) is 0 Å². The Labute approximate surface area is 181 Å². The first-order valence-corrected chi connectivity index (χ1v) is 9.96. The maximum absolute atomic E-state index is 13.5. The Morgan fingerprint density at radius 2 is 1.93 bits per heavy atom. The van der Waals surface area contributed by atoms with Gasteiger partial charge in [0.15, 0.2) is 0 Å². The normalized spacial score (nSPS) is 15.6. The molecule has 0 saturated carbocycles. The molecule has 4 nitrogen and oxygen atoms in total. The van der Waals surface area contributed by atoms with Crippen LogP contribution in [-0.4, -0.2) is 16.5 Å². The summed E-state index contributed by atoms with van der Waals surface area (Å²) in [6, 6.07) is 19.8. The molecule has 0 saturated heterocycles. The van der Waals surface area contributed by atoms with Crippen LogP contribution in [0.25, 0.3) is 11.3 Å². The van der Waals surface area contributed by atoms with Gasteiger partial charge in [-0.2, -0.15) is 4.98 Å². The van der Waals surface area contributed by atoms with Crippen LogP contribution in [0.3, 0.4) is 0 Å². The Hall–Kier alpha value is -3.05. The Morgan fingerprint density at radius 3 is 2.77 bits per heavy atom. The first-order chi connectivity index (χ1) is 14.1. The summed E-state index contributed by atoms with van der Waals surface area (Å²) in [5.41, 5.74) is 6.59. The average molecular weight is 423 g/mol. The number of rotatable bonds is 3. The van der Waals surface area contributed by atoms with E-state index in [2.05, 4.69) is 58.5 Å². The molecular formula is C24H24ClFN4. The molecule has 6 heteroatoms. The van der Waals surface area contributed by atoms with Gasteiger partial charge in [-0.15, -0.1) is 12.4 Å². The zero-order valence-corrected chi connectivity index (χ0v) is 17.8. The second-order valence-electron chi connectivity index (χ2n) is 7.66. The molecule has 2 heterocycles. The number of halogens is 2. The number of nitrogens with one attached hydrogen (secondary N) is 2. The highest BCUT2D eigenvalue weighted by atomic mass is 35.5. The van der Waals surface area contributed by atoms with E-state index >= 15 is 0 Å². The number of aryl methyl sites for hydroxylation is 1. The Morgan fingerprint density at radius 1 is 1.10 bits per heavy atom. The summed E-state index contributed by atoms with van der Waals surface area (Å²) in [6.45, 7) is 5.05. The molecule has 1 unspecified atom stereocenters. The number of H-pyrrole nitrogens is 1. The van der Waals surface area contributed by atoms with Crippen LogP contribution in [0.15, 0.2) is 60.7 Å². The lowest BCUT2D eigenvalue weighted by atomic mass is 9.93. The van der Waals surface area contributed by atoms with Crippen LogP contribution in [0.5, 0.6) is 0 Å². The highest BCUT2D eigenvalue weighted by molar-refractivity contribution is 5.85. The summed E-state index contributed by atoms with van der Waals surface area (Å²) in [6.07, 6.45) is 1.00. The third-order valence-corrected chi connectivity index (χ3v) is 5.84. The van der Waals surface area contributed by atoms with Crippen LogP contribution < -0.4 is 10.2 Å². The second kappa shape index (κ2) is 8.00. The molecule has 5 rings (SSSR count). The number of aromatic nitrogens is 2. The smallest absolute Gasteiger partial charge is 0.207 e. The molecule has 0 fully saturated rings. The first kappa shape index (κ1) is 20.2. The van der Waals surface area contributed by atoms with E-state index in [9.17, 15) is 4.39 Å². The van der Waals surface area contributed by atoms with Gasteiger partial charge in [0.25, 0.3) is 0 Å². The lowest BCUT2D eigenvalue weighted by molar-refractivity contribution is 0.617. The van der Waals surface area contributed by atoms with Crippen molar-refractivity contribution in [2.45, 2.75) is 26.3 Å². The monoisotopic (exact) mass is 422 g/mol.